The van der Waals surface area contributed by atoms with Crippen LogP contribution < -0.4 is 10.2 Å². The maximum atomic E-state index is 4.76. The molecule has 0 aliphatic rings. The van der Waals surface area contributed by atoms with Gasteiger partial charge in [0.1, 0.15) is 11.6 Å². The molecule has 0 spiro atoms. The van der Waals surface area contributed by atoms with E-state index < -0.39 is 0 Å². The van der Waals surface area contributed by atoms with Crippen LogP contribution in [0.3, 0.4) is 0 Å². The summed E-state index contributed by atoms with van der Waals surface area (Å²) in [5.41, 5.74) is 2.47. The summed E-state index contributed by atoms with van der Waals surface area (Å²) in [5.74, 6) is 1.88. The molecule has 1 aromatic carbocycles. The van der Waals surface area contributed by atoms with Gasteiger partial charge >= 0.3 is 0 Å². The summed E-state index contributed by atoms with van der Waals surface area (Å²) >= 11 is 0. The molecule has 0 atom stereocenters. The Hall–Kier alpha value is -2.03. The lowest BCUT2D eigenvalue weighted by molar-refractivity contribution is 0.630. The van der Waals surface area contributed by atoms with E-state index in [1.165, 1.54) is 11.3 Å². The molecule has 0 saturated carbocycles. The molecule has 21 heavy (non-hydrogen) atoms. The first kappa shape index (κ1) is 15.4. The van der Waals surface area contributed by atoms with Gasteiger partial charge in [0.05, 0.1) is 0 Å². The summed E-state index contributed by atoms with van der Waals surface area (Å²) < 4.78 is 0. The number of nitrogens with zero attached hydrogens (tertiary/aromatic N) is 2. The third-order valence-corrected chi connectivity index (χ3v) is 3.24. The SMILES string of the molecule is CCN(c1cccc(NC(C)(C)C)n1)c1ccccc1C. The number of para-hydroxylation sites is 1. The first-order valence-corrected chi connectivity index (χ1v) is 7.49. The number of nitrogens with one attached hydrogen (secondary N) is 1. The van der Waals surface area contributed by atoms with Crippen LogP contribution in [-0.2, 0) is 0 Å². The van der Waals surface area contributed by atoms with Gasteiger partial charge in [-0.15, -0.1) is 0 Å². The predicted octanol–water partition coefficient (Wildman–Crippen LogP) is 4.76. The summed E-state index contributed by atoms with van der Waals surface area (Å²) in [7, 11) is 0. The molecule has 2 rings (SSSR count). The van der Waals surface area contributed by atoms with Gasteiger partial charge in [0.2, 0.25) is 0 Å². The molecule has 2 aromatic rings. The molecule has 1 N–H and O–H groups in total. The number of hydrogen-bond acceptors (Lipinski definition) is 3. The number of benzene rings is 1. The largest absolute Gasteiger partial charge is 0.365 e. The Morgan fingerprint density at radius 3 is 2.38 bits per heavy atom. The second-order valence-electron chi connectivity index (χ2n) is 6.29. The summed E-state index contributed by atoms with van der Waals surface area (Å²) in [6.45, 7) is 11.6. The van der Waals surface area contributed by atoms with E-state index in [0.717, 1.165) is 18.2 Å². The van der Waals surface area contributed by atoms with E-state index in [-0.39, 0.29) is 5.54 Å². The average molecular weight is 283 g/mol. The van der Waals surface area contributed by atoms with Gasteiger partial charge in [-0.05, 0) is 58.4 Å². The minimum absolute atomic E-state index is 0.00529. The highest BCUT2D eigenvalue weighted by atomic mass is 15.2. The van der Waals surface area contributed by atoms with Crippen molar-refractivity contribution in [1.29, 1.82) is 0 Å². The zero-order valence-electron chi connectivity index (χ0n) is 13.6. The number of anilines is 3. The van der Waals surface area contributed by atoms with Crippen LogP contribution in [0, 0.1) is 6.92 Å². The fraction of sp³-hybridized carbons (Fsp3) is 0.389. The summed E-state index contributed by atoms with van der Waals surface area (Å²) in [5, 5.41) is 3.43. The summed E-state index contributed by atoms with van der Waals surface area (Å²) in [6.07, 6.45) is 0. The van der Waals surface area contributed by atoms with Gasteiger partial charge in [-0.2, -0.15) is 0 Å². The predicted molar refractivity (Wildman–Crippen MR) is 91.5 cm³/mol. The molecule has 0 fully saturated rings. The Labute approximate surface area is 128 Å². The van der Waals surface area contributed by atoms with Crippen molar-refractivity contribution in [2.45, 2.75) is 40.2 Å². The molecule has 0 aliphatic heterocycles. The lowest BCUT2D eigenvalue weighted by Gasteiger charge is -2.26. The van der Waals surface area contributed by atoms with Crippen LogP contribution in [0.4, 0.5) is 17.3 Å². The van der Waals surface area contributed by atoms with Crippen molar-refractivity contribution < 1.29 is 0 Å². The van der Waals surface area contributed by atoms with E-state index in [1.807, 2.05) is 6.07 Å². The second kappa shape index (κ2) is 6.17. The highest BCUT2D eigenvalue weighted by Crippen LogP contribution is 2.27. The minimum Gasteiger partial charge on any atom is -0.365 e. The molecule has 0 bridgehead atoms. The third kappa shape index (κ3) is 3.97. The van der Waals surface area contributed by atoms with E-state index >= 15 is 0 Å². The highest BCUT2D eigenvalue weighted by molar-refractivity contribution is 5.64. The standard InChI is InChI=1S/C18H25N3/c1-6-21(15-11-8-7-10-14(15)2)17-13-9-12-16(19-17)20-18(3,4)5/h7-13H,6H2,1-5H3,(H,19,20). The smallest absolute Gasteiger partial charge is 0.135 e. The second-order valence-corrected chi connectivity index (χ2v) is 6.29. The summed E-state index contributed by atoms with van der Waals surface area (Å²) in [4.78, 5) is 7.00. The zero-order valence-corrected chi connectivity index (χ0v) is 13.6. The summed E-state index contributed by atoms with van der Waals surface area (Å²) in [6, 6.07) is 14.5. The molecule has 1 aromatic heterocycles. The maximum absolute atomic E-state index is 4.76. The van der Waals surface area contributed by atoms with Crippen molar-refractivity contribution in [2.24, 2.45) is 0 Å². The molecule has 0 radical (unpaired) electrons. The fourth-order valence-corrected chi connectivity index (χ4v) is 2.35. The van der Waals surface area contributed by atoms with Gasteiger partial charge in [0, 0.05) is 17.8 Å². The fourth-order valence-electron chi connectivity index (χ4n) is 2.35. The number of rotatable bonds is 4. The van der Waals surface area contributed by atoms with Crippen molar-refractivity contribution in [1.82, 2.24) is 4.98 Å². The van der Waals surface area contributed by atoms with Gasteiger partial charge in [-0.25, -0.2) is 4.98 Å². The molecule has 0 unspecified atom stereocenters. The Balaban J connectivity index is 2.35. The van der Waals surface area contributed by atoms with Crippen molar-refractivity contribution in [3.63, 3.8) is 0 Å². The molecule has 3 nitrogen and oxygen atoms in total. The van der Waals surface area contributed by atoms with Crippen LogP contribution >= 0.6 is 0 Å². The molecule has 1 heterocycles. The first-order valence-electron chi connectivity index (χ1n) is 7.49. The van der Waals surface area contributed by atoms with E-state index in [2.05, 4.69) is 81.2 Å². The molecule has 0 amide bonds. The average Bonchev–Trinajstić information content (AvgIpc) is 2.40. The van der Waals surface area contributed by atoms with E-state index in [0.29, 0.717) is 0 Å². The topological polar surface area (TPSA) is 28.2 Å². The number of pyridine rings is 1. The van der Waals surface area contributed by atoms with Crippen LogP contribution in [0.15, 0.2) is 42.5 Å². The van der Waals surface area contributed by atoms with Crippen LogP contribution in [0.5, 0.6) is 0 Å². The number of aromatic nitrogens is 1. The van der Waals surface area contributed by atoms with Gasteiger partial charge in [0.25, 0.3) is 0 Å². The van der Waals surface area contributed by atoms with Crippen molar-refractivity contribution in [3.05, 3.63) is 48.0 Å². The monoisotopic (exact) mass is 283 g/mol. The van der Waals surface area contributed by atoms with Gasteiger partial charge in [0.15, 0.2) is 0 Å². The maximum Gasteiger partial charge on any atom is 0.135 e. The Morgan fingerprint density at radius 2 is 1.76 bits per heavy atom. The van der Waals surface area contributed by atoms with Crippen molar-refractivity contribution in [3.8, 4) is 0 Å². The van der Waals surface area contributed by atoms with Gasteiger partial charge in [-0.3, -0.25) is 0 Å². The van der Waals surface area contributed by atoms with Crippen LogP contribution in [0.2, 0.25) is 0 Å². The normalized spacial score (nSPS) is 11.3. The van der Waals surface area contributed by atoms with E-state index in [1.54, 1.807) is 0 Å². The minimum atomic E-state index is 0.00529. The Morgan fingerprint density at radius 1 is 1.05 bits per heavy atom. The number of aryl methyl sites for hydroxylation is 1. The van der Waals surface area contributed by atoms with Gasteiger partial charge < -0.3 is 10.2 Å². The van der Waals surface area contributed by atoms with Crippen molar-refractivity contribution >= 4 is 17.3 Å². The highest BCUT2D eigenvalue weighted by Gasteiger charge is 2.14. The molecule has 112 valence electrons. The van der Waals surface area contributed by atoms with Crippen LogP contribution in [-0.4, -0.2) is 17.1 Å². The van der Waals surface area contributed by atoms with E-state index in [9.17, 15) is 0 Å². The Bertz CT molecular complexity index is 599. The molecular formula is C18H25N3. The molecule has 3 heteroatoms. The quantitative estimate of drug-likeness (QED) is 0.877. The molecular weight excluding hydrogens is 258 g/mol. The first-order chi connectivity index (χ1) is 9.90. The van der Waals surface area contributed by atoms with Crippen LogP contribution in [0.25, 0.3) is 0 Å². The number of hydrogen-bond donors (Lipinski definition) is 1. The zero-order chi connectivity index (χ0) is 15.5. The Kier molecular flexibility index (Phi) is 4.51. The molecule has 0 aliphatic carbocycles. The lowest BCUT2D eigenvalue weighted by Crippen LogP contribution is -2.27. The van der Waals surface area contributed by atoms with Crippen LogP contribution in [0.1, 0.15) is 33.3 Å². The van der Waals surface area contributed by atoms with E-state index in [4.69, 9.17) is 4.98 Å². The van der Waals surface area contributed by atoms with Crippen molar-refractivity contribution in [2.75, 3.05) is 16.8 Å². The lowest BCUT2D eigenvalue weighted by atomic mass is 10.1. The molecule has 0 saturated heterocycles. The van der Waals surface area contributed by atoms with Gasteiger partial charge in [-0.1, -0.05) is 24.3 Å². The third-order valence-electron chi connectivity index (χ3n) is 3.24.